The molecule has 0 aliphatic heterocycles. The van der Waals surface area contributed by atoms with Crippen LogP contribution in [0, 0.1) is 0 Å². The van der Waals surface area contributed by atoms with Crippen LogP contribution in [0.5, 0.6) is 0 Å². The van der Waals surface area contributed by atoms with Crippen molar-refractivity contribution in [3.05, 3.63) is 85.2 Å². The van der Waals surface area contributed by atoms with Gasteiger partial charge in [0.2, 0.25) is 5.95 Å². The number of hydrogen-bond donors (Lipinski definition) is 2. The molecular formula is C19H15N7O3S. The quantitative estimate of drug-likeness (QED) is 0.487. The van der Waals surface area contributed by atoms with Gasteiger partial charge in [0, 0.05) is 23.6 Å². The minimum Gasteiger partial charge on any atom is -0.322 e. The third-order valence-electron chi connectivity index (χ3n) is 4.03. The molecule has 0 atom stereocenters. The highest BCUT2D eigenvalue weighted by molar-refractivity contribution is 7.92. The van der Waals surface area contributed by atoms with Crippen LogP contribution >= 0.6 is 0 Å². The molecule has 0 unspecified atom stereocenters. The SMILES string of the molecule is O=C(Nc1ccc(S(=O)(=O)Nc2ncccn2)cc1)c1ccc(-n2cncn2)cc1. The largest absolute Gasteiger partial charge is 0.322 e. The summed E-state index contributed by atoms with van der Waals surface area (Å²) in [6.45, 7) is 0. The van der Waals surface area contributed by atoms with Gasteiger partial charge in [0.15, 0.2) is 0 Å². The van der Waals surface area contributed by atoms with Crippen LogP contribution in [-0.4, -0.2) is 39.1 Å². The summed E-state index contributed by atoms with van der Waals surface area (Å²) in [4.78, 5) is 24.0. The van der Waals surface area contributed by atoms with Gasteiger partial charge in [-0.25, -0.2) is 32.8 Å². The van der Waals surface area contributed by atoms with Crippen molar-refractivity contribution < 1.29 is 13.2 Å². The molecule has 0 aliphatic carbocycles. The average Bonchev–Trinajstić information content (AvgIpc) is 3.30. The van der Waals surface area contributed by atoms with Crippen molar-refractivity contribution in [3.8, 4) is 5.69 Å². The number of amides is 1. The maximum atomic E-state index is 12.4. The molecule has 4 rings (SSSR count). The van der Waals surface area contributed by atoms with Crippen molar-refractivity contribution in [1.29, 1.82) is 0 Å². The van der Waals surface area contributed by atoms with Crippen LogP contribution in [-0.2, 0) is 10.0 Å². The van der Waals surface area contributed by atoms with Crippen molar-refractivity contribution in [1.82, 2.24) is 24.7 Å². The average molecular weight is 421 g/mol. The van der Waals surface area contributed by atoms with E-state index in [-0.39, 0.29) is 16.8 Å². The van der Waals surface area contributed by atoms with E-state index < -0.39 is 10.0 Å². The first-order chi connectivity index (χ1) is 14.5. The van der Waals surface area contributed by atoms with E-state index in [0.29, 0.717) is 11.3 Å². The number of benzene rings is 2. The normalized spacial score (nSPS) is 11.1. The summed E-state index contributed by atoms with van der Waals surface area (Å²) >= 11 is 0. The fourth-order valence-electron chi connectivity index (χ4n) is 2.56. The maximum absolute atomic E-state index is 12.4. The van der Waals surface area contributed by atoms with Crippen LogP contribution in [0.15, 0.2) is 84.5 Å². The zero-order chi connectivity index (χ0) is 21.0. The lowest BCUT2D eigenvalue weighted by atomic mass is 10.2. The highest BCUT2D eigenvalue weighted by atomic mass is 32.2. The number of aromatic nitrogens is 5. The zero-order valence-corrected chi connectivity index (χ0v) is 16.2. The van der Waals surface area contributed by atoms with Crippen molar-refractivity contribution in [2.45, 2.75) is 4.90 Å². The molecule has 1 amide bonds. The van der Waals surface area contributed by atoms with Crippen LogP contribution in [0.4, 0.5) is 11.6 Å². The van der Waals surface area contributed by atoms with E-state index in [1.807, 2.05) is 0 Å². The van der Waals surface area contributed by atoms with Crippen molar-refractivity contribution in [2.75, 3.05) is 10.0 Å². The van der Waals surface area contributed by atoms with E-state index >= 15 is 0 Å². The van der Waals surface area contributed by atoms with Crippen LogP contribution in [0.2, 0.25) is 0 Å². The molecule has 30 heavy (non-hydrogen) atoms. The first kappa shape index (κ1) is 19.2. The Hall–Kier alpha value is -4.12. The van der Waals surface area contributed by atoms with Gasteiger partial charge in [-0.3, -0.25) is 4.79 Å². The second-order valence-electron chi connectivity index (χ2n) is 6.04. The van der Waals surface area contributed by atoms with Gasteiger partial charge in [0.05, 0.1) is 10.6 Å². The Bertz CT molecular complexity index is 1240. The monoisotopic (exact) mass is 421 g/mol. The minimum absolute atomic E-state index is 0.0186. The topological polar surface area (TPSA) is 132 Å². The zero-order valence-electron chi connectivity index (χ0n) is 15.4. The number of carbonyl (C=O) groups excluding carboxylic acids is 1. The number of hydrogen-bond acceptors (Lipinski definition) is 7. The standard InChI is InChI=1S/C19H15N7O3S/c27-18(14-2-6-16(7-3-14)26-13-20-12-23-26)24-15-4-8-17(9-5-15)30(28,29)25-19-21-10-1-11-22-19/h1-13H,(H,24,27)(H,21,22,25). The van der Waals surface area contributed by atoms with Crippen LogP contribution in [0.1, 0.15) is 10.4 Å². The molecule has 0 saturated heterocycles. The molecule has 150 valence electrons. The third kappa shape index (κ3) is 4.31. The predicted molar refractivity (Wildman–Crippen MR) is 109 cm³/mol. The lowest BCUT2D eigenvalue weighted by molar-refractivity contribution is 0.102. The molecule has 0 bridgehead atoms. The Labute approximate surface area is 171 Å². The van der Waals surface area contributed by atoms with Gasteiger partial charge in [-0.1, -0.05) is 0 Å². The summed E-state index contributed by atoms with van der Waals surface area (Å²) in [7, 11) is -3.84. The van der Waals surface area contributed by atoms with Crippen LogP contribution < -0.4 is 10.0 Å². The number of rotatable bonds is 6. The fraction of sp³-hybridized carbons (Fsp3) is 0. The highest BCUT2D eigenvalue weighted by Gasteiger charge is 2.15. The minimum atomic E-state index is -3.84. The number of nitrogens with one attached hydrogen (secondary N) is 2. The molecule has 2 N–H and O–H groups in total. The van der Waals surface area contributed by atoms with Gasteiger partial charge in [0.1, 0.15) is 12.7 Å². The molecule has 4 aromatic rings. The first-order valence-corrected chi connectivity index (χ1v) is 10.2. The maximum Gasteiger partial charge on any atom is 0.264 e. The summed E-state index contributed by atoms with van der Waals surface area (Å²) in [5, 5.41) is 6.75. The van der Waals surface area contributed by atoms with E-state index in [9.17, 15) is 13.2 Å². The van der Waals surface area contributed by atoms with E-state index in [0.717, 1.165) is 5.69 Å². The molecule has 0 fully saturated rings. The molecule has 0 saturated carbocycles. The molecule has 2 aromatic carbocycles. The van der Waals surface area contributed by atoms with Crippen LogP contribution in [0.25, 0.3) is 5.69 Å². The number of carbonyl (C=O) groups is 1. The summed E-state index contributed by atoms with van der Waals surface area (Å²) in [5.41, 5.74) is 1.67. The van der Waals surface area contributed by atoms with E-state index in [2.05, 4.69) is 30.1 Å². The molecule has 11 heteroatoms. The van der Waals surface area contributed by atoms with E-state index in [1.165, 1.54) is 43.0 Å². The fourth-order valence-corrected chi connectivity index (χ4v) is 3.52. The van der Waals surface area contributed by atoms with Gasteiger partial charge in [-0.05, 0) is 54.6 Å². The molecule has 2 heterocycles. The molecule has 2 aromatic heterocycles. The Morgan fingerprint density at radius 1 is 0.933 bits per heavy atom. The van der Waals surface area contributed by atoms with Crippen LogP contribution in [0.3, 0.4) is 0 Å². The van der Waals surface area contributed by atoms with Crippen molar-refractivity contribution in [2.24, 2.45) is 0 Å². The second-order valence-corrected chi connectivity index (χ2v) is 7.73. The molecule has 0 aliphatic rings. The molecule has 0 radical (unpaired) electrons. The Morgan fingerprint density at radius 3 is 2.27 bits per heavy atom. The van der Waals surface area contributed by atoms with Gasteiger partial charge in [-0.2, -0.15) is 5.10 Å². The summed E-state index contributed by atoms with van der Waals surface area (Å²) < 4.78 is 28.7. The highest BCUT2D eigenvalue weighted by Crippen LogP contribution is 2.17. The molecule has 10 nitrogen and oxygen atoms in total. The van der Waals surface area contributed by atoms with Gasteiger partial charge in [0.25, 0.3) is 15.9 Å². The second kappa shape index (κ2) is 8.09. The lowest BCUT2D eigenvalue weighted by Crippen LogP contribution is -2.15. The van der Waals surface area contributed by atoms with Gasteiger partial charge < -0.3 is 5.32 Å². The van der Waals surface area contributed by atoms with Gasteiger partial charge in [-0.15, -0.1) is 0 Å². The Balaban J connectivity index is 1.43. The first-order valence-electron chi connectivity index (χ1n) is 8.68. The van der Waals surface area contributed by atoms with Gasteiger partial charge >= 0.3 is 0 Å². The van der Waals surface area contributed by atoms with Crippen molar-refractivity contribution >= 4 is 27.6 Å². The van der Waals surface area contributed by atoms with E-state index in [1.54, 1.807) is 41.3 Å². The lowest BCUT2D eigenvalue weighted by Gasteiger charge is -2.09. The predicted octanol–water partition coefficient (Wildman–Crippen LogP) is 2.11. The molecular weight excluding hydrogens is 406 g/mol. The van der Waals surface area contributed by atoms with Crippen molar-refractivity contribution in [3.63, 3.8) is 0 Å². The third-order valence-corrected chi connectivity index (χ3v) is 5.37. The summed E-state index contributed by atoms with van der Waals surface area (Å²) in [6, 6.07) is 14.2. The Morgan fingerprint density at radius 2 is 1.63 bits per heavy atom. The smallest absolute Gasteiger partial charge is 0.264 e. The number of sulfonamides is 1. The Kier molecular flexibility index (Phi) is 5.18. The number of nitrogens with zero attached hydrogens (tertiary/aromatic N) is 5. The summed E-state index contributed by atoms with van der Waals surface area (Å²) in [6.07, 6.45) is 5.85. The summed E-state index contributed by atoms with van der Waals surface area (Å²) in [5.74, 6) is -0.351. The molecule has 0 spiro atoms. The number of anilines is 2. The van der Waals surface area contributed by atoms with E-state index in [4.69, 9.17) is 0 Å².